The maximum Gasteiger partial charge on any atom is 0.329 e. The van der Waals surface area contributed by atoms with Crippen LogP contribution in [-0.2, 0) is 16.0 Å². The molecule has 2 atom stereocenters. The number of rotatable bonds is 10. The summed E-state index contributed by atoms with van der Waals surface area (Å²) in [4.78, 5) is 24.3. The molecule has 1 amide bonds. The van der Waals surface area contributed by atoms with Crippen molar-refractivity contribution in [3.8, 4) is 5.69 Å². The van der Waals surface area contributed by atoms with Crippen molar-refractivity contribution < 1.29 is 19.4 Å². The molecule has 0 saturated carbocycles. The highest BCUT2D eigenvalue weighted by Gasteiger charge is 2.39. The van der Waals surface area contributed by atoms with Crippen molar-refractivity contribution in [3.05, 3.63) is 102 Å². The Hall–Kier alpha value is -3.49. The van der Waals surface area contributed by atoms with Crippen molar-refractivity contribution in [3.63, 3.8) is 0 Å². The number of amides is 1. The van der Waals surface area contributed by atoms with Gasteiger partial charge in [0.1, 0.15) is 12.2 Å². The van der Waals surface area contributed by atoms with E-state index in [2.05, 4.69) is 33.3 Å². The van der Waals surface area contributed by atoms with Gasteiger partial charge in [-0.3, -0.25) is 4.79 Å². The van der Waals surface area contributed by atoms with Gasteiger partial charge in [0.05, 0.1) is 34.5 Å². The minimum Gasteiger partial charge on any atom is -0.480 e. The van der Waals surface area contributed by atoms with Crippen LogP contribution in [0.5, 0.6) is 0 Å². The van der Waals surface area contributed by atoms with E-state index in [1.165, 1.54) is 0 Å². The highest BCUT2D eigenvalue weighted by atomic mass is 79.9. The summed E-state index contributed by atoms with van der Waals surface area (Å²) in [5, 5.41) is 16.7. The Morgan fingerprint density at radius 2 is 1.83 bits per heavy atom. The van der Waals surface area contributed by atoms with Crippen LogP contribution in [0.4, 0.5) is 0 Å². The van der Waals surface area contributed by atoms with Crippen molar-refractivity contribution in [2.24, 2.45) is 0 Å². The number of carbonyl (C=O) groups is 2. The molecule has 2 unspecified atom stereocenters. The largest absolute Gasteiger partial charge is 0.480 e. The monoisotopic (exact) mass is 549 g/mol. The Morgan fingerprint density at radius 1 is 1.14 bits per heavy atom. The molecule has 0 radical (unpaired) electrons. The Labute approximate surface area is 218 Å². The molecule has 186 valence electrons. The van der Waals surface area contributed by atoms with Crippen LogP contribution in [0, 0.1) is 0 Å². The summed E-state index contributed by atoms with van der Waals surface area (Å²) in [6.07, 6.45) is 8.80. The molecule has 0 bridgehead atoms. The van der Waals surface area contributed by atoms with Crippen LogP contribution in [-0.4, -0.2) is 50.3 Å². The topological polar surface area (TPSA) is 93.4 Å². The molecule has 36 heavy (non-hydrogen) atoms. The number of carbonyl (C=O) groups excluding carboxylic acids is 1. The number of allylic oxidation sites excluding steroid dienone is 2. The molecule has 0 spiro atoms. The van der Waals surface area contributed by atoms with Gasteiger partial charge < -0.3 is 15.2 Å². The zero-order valence-corrected chi connectivity index (χ0v) is 21.5. The van der Waals surface area contributed by atoms with Crippen LogP contribution in [0.3, 0.4) is 0 Å². The second-order valence-corrected chi connectivity index (χ2v) is 9.53. The number of alkyl halides is 1. The first kappa shape index (κ1) is 25.6. The fourth-order valence-electron chi connectivity index (χ4n) is 4.18. The first-order valence-electron chi connectivity index (χ1n) is 11.8. The normalized spacial score (nSPS) is 19.1. The predicted molar refractivity (Wildman–Crippen MR) is 142 cm³/mol. The lowest BCUT2D eigenvalue weighted by molar-refractivity contribution is -0.146. The van der Waals surface area contributed by atoms with Crippen LogP contribution in [0.1, 0.15) is 35.0 Å². The third-order valence-electron chi connectivity index (χ3n) is 6.04. The molecule has 1 aliphatic carbocycles. The number of para-hydroxylation sites is 1. The number of halogens is 1. The number of ether oxygens (including phenoxy) is 1. The third kappa shape index (κ3) is 5.66. The van der Waals surface area contributed by atoms with Gasteiger partial charge in [0.25, 0.3) is 5.91 Å². The SMILES string of the molecule is CCCc1c(C(=O)NCC2(OCC(=O)O)C=CC(c3ccccc3)=CC2Br)cnn1-c1ccccc1. The molecule has 7 nitrogen and oxygen atoms in total. The molecule has 1 heterocycles. The minimum absolute atomic E-state index is 0.0756. The van der Waals surface area contributed by atoms with E-state index in [-0.39, 0.29) is 17.3 Å². The second-order valence-electron chi connectivity index (χ2n) is 8.55. The van der Waals surface area contributed by atoms with Crippen molar-refractivity contribution in [2.45, 2.75) is 30.2 Å². The molecule has 2 N–H and O–H groups in total. The van der Waals surface area contributed by atoms with Crippen molar-refractivity contribution >= 4 is 33.4 Å². The molecule has 2 aromatic carbocycles. The van der Waals surface area contributed by atoms with Gasteiger partial charge in [-0.15, -0.1) is 0 Å². The lowest BCUT2D eigenvalue weighted by Gasteiger charge is -2.36. The second kappa shape index (κ2) is 11.5. The Kier molecular flexibility index (Phi) is 8.18. The Morgan fingerprint density at radius 3 is 2.47 bits per heavy atom. The number of hydrogen-bond acceptors (Lipinski definition) is 4. The molecule has 0 saturated heterocycles. The van der Waals surface area contributed by atoms with Crippen LogP contribution in [0.15, 0.2) is 85.1 Å². The minimum atomic E-state index is -1.08. The van der Waals surface area contributed by atoms with E-state index in [9.17, 15) is 14.7 Å². The van der Waals surface area contributed by atoms with Crippen molar-refractivity contribution in [1.82, 2.24) is 15.1 Å². The molecule has 0 fully saturated rings. The number of benzene rings is 2. The molecule has 3 aromatic rings. The zero-order valence-electron chi connectivity index (χ0n) is 19.9. The van der Waals surface area contributed by atoms with Gasteiger partial charge in [0, 0.05) is 0 Å². The van der Waals surface area contributed by atoms with Crippen LogP contribution in [0.2, 0.25) is 0 Å². The maximum absolute atomic E-state index is 13.3. The average Bonchev–Trinajstić information content (AvgIpc) is 3.32. The number of carboxylic acid groups (broad SMARTS) is 1. The third-order valence-corrected chi connectivity index (χ3v) is 7.07. The fraction of sp³-hybridized carbons (Fsp3) is 0.250. The summed E-state index contributed by atoms with van der Waals surface area (Å²) < 4.78 is 7.64. The van der Waals surface area contributed by atoms with Crippen molar-refractivity contribution in [1.29, 1.82) is 0 Å². The number of nitrogens with one attached hydrogen (secondary N) is 1. The van der Waals surface area contributed by atoms with E-state index in [1.54, 1.807) is 10.9 Å². The first-order valence-corrected chi connectivity index (χ1v) is 12.7. The molecular weight excluding hydrogens is 522 g/mol. The molecule has 8 heteroatoms. The van der Waals surface area contributed by atoms with E-state index in [0.717, 1.165) is 28.9 Å². The quantitative estimate of drug-likeness (QED) is 0.354. The standard InChI is InChI=1S/C28H28BrN3O4/c1-2-9-24-23(17-31-32(24)22-12-7-4-8-13-22)27(35)30-19-28(36-18-26(33)34)15-14-21(16-25(28)29)20-10-5-3-6-11-20/h3-8,10-17,25H,2,9,18-19H2,1H3,(H,30,35)(H,33,34). The van der Waals surface area contributed by atoms with Gasteiger partial charge >= 0.3 is 5.97 Å². The molecular formula is C28H28BrN3O4. The molecule has 1 aliphatic rings. The molecule has 0 aliphatic heterocycles. The van der Waals surface area contributed by atoms with Crippen LogP contribution in [0.25, 0.3) is 11.3 Å². The van der Waals surface area contributed by atoms with Gasteiger partial charge in [-0.1, -0.05) is 90.0 Å². The van der Waals surface area contributed by atoms with Gasteiger partial charge in [-0.2, -0.15) is 5.10 Å². The summed E-state index contributed by atoms with van der Waals surface area (Å²) in [5.74, 6) is -1.37. The molecule has 4 rings (SSSR count). The Bertz CT molecular complexity index is 1270. The summed E-state index contributed by atoms with van der Waals surface area (Å²) in [7, 11) is 0. The Balaban J connectivity index is 1.56. The van der Waals surface area contributed by atoms with E-state index >= 15 is 0 Å². The lowest BCUT2D eigenvalue weighted by Crippen LogP contribution is -2.51. The predicted octanol–water partition coefficient (Wildman–Crippen LogP) is 4.81. The van der Waals surface area contributed by atoms with Gasteiger partial charge in [0.2, 0.25) is 0 Å². The van der Waals surface area contributed by atoms with E-state index in [0.29, 0.717) is 12.0 Å². The number of hydrogen-bond donors (Lipinski definition) is 2. The highest BCUT2D eigenvalue weighted by Crippen LogP contribution is 2.34. The smallest absolute Gasteiger partial charge is 0.329 e. The van der Waals surface area contributed by atoms with Crippen LogP contribution < -0.4 is 5.32 Å². The zero-order chi connectivity index (χ0) is 25.5. The summed E-state index contributed by atoms with van der Waals surface area (Å²) in [6.45, 7) is 1.63. The number of aromatic nitrogens is 2. The maximum atomic E-state index is 13.3. The summed E-state index contributed by atoms with van der Waals surface area (Å²) in [6, 6.07) is 19.6. The first-order chi connectivity index (χ1) is 17.4. The lowest BCUT2D eigenvalue weighted by atomic mass is 9.88. The van der Waals surface area contributed by atoms with E-state index < -0.39 is 18.2 Å². The average molecular weight is 550 g/mol. The van der Waals surface area contributed by atoms with Gasteiger partial charge in [-0.05, 0) is 35.8 Å². The van der Waals surface area contributed by atoms with E-state index in [4.69, 9.17) is 4.74 Å². The van der Waals surface area contributed by atoms with Crippen LogP contribution >= 0.6 is 15.9 Å². The van der Waals surface area contributed by atoms with E-state index in [1.807, 2.05) is 78.9 Å². The summed E-state index contributed by atoms with van der Waals surface area (Å²) in [5.41, 5.74) is 3.13. The van der Waals surface area contributed by atoms with Gasteiger partial charge in [0.15, 0.2) is 0 Å². The number of aliphatic carboxylic acids is 1. The summed E-state index contributed by atoms with van der Waals surface area (Å²) >= 11 is 3.67. The van der Waals surface area contributed by atoms with Crippen molar-refractivity contribution in [2.75, 3.05) is 13.2 Å². The van der Waals surface area contributed by atoms with Gasteiger partial charge in [-0.25, -0.2) is 9.48 Å². The fourth-order valence-corrected chi connectivity index (χ4v) is 4.91. The number of nitrogens with zero attached hydrogens (tertiary/aromatic N) is 2. The molecule has 1 aromatic heterocycles. The number of carboxylic acids is 1. The highest BCUT2D eigenvalue weighted by molar-refractivity contribution is 9.09.